The Morgan fingerprint density at radius 2 is 1.54 bits per heavy atom. The average Bonchev–Trinajstić information content (AvgIpc) is 2.65. The number of methoxy groups -OCH3 is 3. The van der Waals surface area contributed by atoms with E-state index in [1.54, 1.807) is 21.3 Å². The summed E-state index contributed by atoms with van der Waals surface area (Å²) in [5.74, 6) is 1.77. The fourth-order valence-corrected chi connectivity index (χ4v) is 2.32. The third-order valence-corrected chi connectivity index (χ3v) is 3.69. The SMILES string of the molecule is COCc1ccc(CNC(N)=NCc2ccc(OC)c(OC)c2)cc1.I. The lowest BCUT2D eigenvalue weighted by molar-refractivity contribution is 0.185. The van der Waals surface area contributed by atoms with Crippen LogP contribution in [0.1, 0.15) is 16.7 Å². The number of hydrogen-bond donors (Lipinski definition) is 2. The minimum Gasteiger partial charge on any atom is -0.493 e. The van der Waals surface area contributed by atoms with E-state index in [1.165, 1.54) is 0 Å². The van der Waals surface area contributed by atoms with Crippen molar-refractivity contribution in [3.63, 3.8) is 0 Å². The van der Waals surface area contributed by atoms with Crippen LogP contribution in [0.3, 0.4) is 0 Å². The highest BCUT2D eigenvalue weighted by molar-refractivity contribution is 14.0. The number of aliphatic imine (C=N–C) groups is 1. The summed E-state index contributed by atoms with van der Waals surface area (Å²) in [6.07, 6.45) is 0. The minimum atomic E-state index is 0. The van der Waals surface area contributed by atoms with E-state index >= 15 is 0 Å². The molecule has 0 atom stereocenters. The van der Waals surface area contributed by atoms with Gasteiger partial charge in [0.15, 0.2) is 17.5 Å². The van der Waals surface area contributed by atoms with Gasteiger partial charge in [0.1, 0.15) is 0 Å². The first kappa shape index (κ1) is 22.0. The van der Waals surface area contributed by atoms with E-state index in [4.69, 9.17) is 19.9 Å². The second-order valence-electron chi connectivity index (χ2n) is 5.49. The number of ether oxygens (including phenoxy) is 3. The zero-order valence-corrected chi connectivity index (χ0v) is 17.7. The van der Waals surface area contributed by atoms with Crippen LogP contribution < -0.4 is 20.5 Å². The summed E-state index contributed by atoms with van der Waals surface area (Å²) in [6.45, 7) is 1.70. The van der Waals surface area contributed by atoms with Gasteiger partial charge in [0, 0.05) is 13.7 Å². The molecule has 2 aromatic rings. The molecule has 142 valence electrons. The third-order valence-electron chi connectivity index (χ3n) is 3.69. The van der Waals surface area contributed by atoms with Gasteiger partial charge in [-0.3, -0.25) is 0 Å². The second-order valence-corrected chi connectivity index (χ2v) is 5.49. The van der Waals surface area contributed by atoms with Gasteiger partial charge in [-0.25, -0.2) is 4.99 Å². The second kappa shape index (κ2) is 11.6. The molecule has 0 amide bonds. The van der Waals surface area contributed by atoms with E-state index in [0.717, 1.165) is 16.7 Å². The van der Waals surface area contributed by atoms with Gasteiger partial charge in [0.05, 0.1) is 27.4 Å². The molecule has 7 heteroatoms. The van der Waals surface area contributed by atoms with Crippen LogP contribution in [0.25, 0.3) is 0 Å². The van der Waals surface area contributed by atoms with Crippen LogP contribution in [0, 0.1) is 0 Å². The maximum absolute atomic E-state index is 5.94. The van der Waals surface area contributed by atoms with E-state index < -0.39 is 0 Å². The molecule has 0 spiro atoms. The summed E-state index contributed by atoms with van der Waals surface area (Å²) < 4.78 is 15.6. The zero-order valence-electron chi connectivity index (χ0n) is 15.3. The summed E-state index contributed by atoms with van der Waals surface area (Å²) in [4.78, 5) is 4.35. The van der Waals surface area contributed by atoms with Crippen molar-refractivity contribution in [3.05, 3.63) is 59.2 Å². The molecule has 0 aliphatic carbocycles. The van der Waals surface area contributed by atoms with Crippen molar-refractivity contribution in [2.24, 2.45) is 10.7 Å². The molecule has 0 fully saturated rings. The fourth-order valence-electron chi connectivity index (χ4n) is 2.32. The van der Waals surface area contributed by atoms with E-state index in [0.29, 0.717) is 37.2 Å². The molecule has 2 aromatic carbocycles. The van der Waals surface area contributed by atoms with Crippen LogP contribution in [-0.2, 0) is 24.4 Å². The number of guanidine groups is 1. The van der Waals surface area contributed by atoms with Crippen molar-refractivity contribution >= 4 is 29.9 Å². The third kappa shape index (κ3) is 6.72. The van der Waals surface area contributed by atoms with E-state index in [1.807, 2.05) is 42.5 Å². The van der Waals surface area contributed by atoms with Crippen LogP contribution in [0.4, 0.5) is 0 Å². The van der Waals surface area contributed by atoms with Crippen LogP contribution in [-0.4, -0.2) is 27.3 Å². The Balaban J connectivity index is 0.00000338. The molecule has 0 radical (unpaired) electrons. The first-order valence-electron chi connectivity index (χ1n) is 7.97. The van der Waals surface area contributed by atoms with Crippen LogP contribution in [0.5, 0.6) is 11.5 Å². The predicted molar refractivity (Wildman–Crippen MR) is 114 cm³/mol. The number of halogens is 1. The maximum Gasteiger partial charge on any atom is 0.189 e. The van der Waals surface area contributed by atoms with Crippen molar-refractivity contribution in [1.29, 1.82) is 0 Å². The van der Waals surface area contributed by atoms with Crippen LogP contribution in [0.15, 0.2) is 47.5 Å². The predicted octanol–water partition coefficient (Wildman–Crippen LogP) is 3.07. The van der Waals surface area contributed by atoms with Gasteiger partial charge < -0.3 is 25.3 Å². The van der Waals surface area contributed by atoms with Crippen molar-refractivity contribution < 1.29 is 14.2 Å². The molecule has 0 aliphatic rings. The van der Waals surface area contributed by atoms with Crippen molar-refractivity contribution in [1.82, 2.24) is 5.32 Å². The molecule has 0 heterocycles. The Bertz CT molecular complexity index is 706. The number of nitrogens with one attached hydrogen (secondary N) is 1. The summed E-state index contributed by atoms with van der Waals surface area (Å²) in [5.41, 5.74) is 9.20. The van der Waals surface area contributed by atoms with Crippen molar-refractivity contribution in [3.8, 4) is 11.5 Å². The standard InChI is InChI=1S/C19H25N3O3.HI/c1-23-13-15-6-4-14(5-7-15)11-21-19(20)22-12-16-8-9-17(24-2)18(10-16)25-3;/h4-10H,11-13H2,1-3H3,(H3,20,21,22);1H. The molecule has 3 N–H and O–H groups in total. The quantitative estimate of drug-likeness (QED) is 0.352. The van der Waals surface area contributed by atoms with Crippen molar-refractivity contribution in [2.45, 2.75) is 19.7 Å². The number of nitrogens with two attached hydrogens (primary N) is 1. The zero-order chi connectivity index (χ0) is 18.1. The number of rotatable bonds is 8. The monoisotopic (exact) mass is 471 g/mol. The van der Waals surface area contributed by atoms with E-state index in [9.17, 15) is 0 Å². The Morgan fingerprint density at radius 1 is 0.923 bits per heavy atom. The largest absolute Gasteiger partial charge is 0.493 e. The number of hydrogen-bond acceptors (Lipinski definition) is 4. The highest BCUT2D eigenvalue weighted by Crippen LogP contribution is 2.27. The van der Waals surface area contributed by atoms with Gasteiger partial charge in [0.25, 0.3) is 0 Å². The Hall–Kier alpha value is -2.00. The summed E-state index contributed by atoms with van der Waals surface area (Å²) >= 11 is 0. The molecule has 2 rings (SSSR count). The van der Waals surface area contributed by atoms with Crippen LogP contribution >= 0.6 is 24.0 Å². The van der Waals surface area contributed by atoms with E-state index in [2.05, 4.69) is 10.3 Å². The van der Waals surface area contributed by atoms with Gasteiger partial charge in [-0.2, -0.15) is 0 Å². The molecule has 0 aliphatic heterocycles. The number of nitrogens with zero attached hydrogens (tertiary/aromatic N) is 1. The Kier molecular flexibility index (Phi) is 9.82. The topological polar surface area (TPSA) is 78.1 Å². The highest BCUT2D eigenvalue weighted by Gasteiger charge is 2.04. The average molecular weight is 471 g/mol. The van der Waals surface area contributed by atoms with Gasteiger partial charge in [-0.1, -0.05) is 30.3 Å². The van der Waals surface area contributed by atoms with Gasteiger partial charge in [-0.05, 0) is 28.8 Å². The van der Waals surface area contributed by atoms with Gasteiger partial charge >= 0.3 is 0 Å². The first-order chi connectivity index (χ1) is 12.2. The molecular formula is C19H26IN3O3. The lowest BCUT2D eigenvalue weighted by Crippen LogP contribution is -2.31. The smallest absolute Gasteiger partial charge is 0.189 e. The molecule has 0 aromatic heterocycles. The molecule has 0 unspecified atom stereocenters. The Morgan fingerprint density at radius 3 is 2.15 bits per heavy atom. The molecule has 0 bridgehead atoms. The van der Waals surface area contributed by atoms with Gasteiger partial charge in [0.2, 0.25) is 0 Å². The summed E-state index contributed by atoms with van der Waals surface area (Å²) in [7, 11) is 4.91. The van der Waals surface area contributed by atoms with Crippen LogP contribution in [0.2, 0.25) is 0 Å². The van der Waals surface area contributed by atoms with E-state index in [-0.39, 0.29) is 24.0 Å². The molecular weight excluding hydrogens is 445 g/mol. The maximum atomic E-state index is 5.94. The molecule has 26 heavy (non-hydrogen) atoms. The number of benzene rings is 2. The highest BCUT2D eigenvalue weighted by atomic mass is 127. The lowest BCUT2D eigenvalue weighted by Gasteiger charge is -2.09. The summed E-state index contributed by atoms with van der Waals surface area (Å²) in [5, 5.41) is 3.11. The molecule has 0 saturated heterocycles. The van der Waals surface area contributed by atoms with Crippen molar-refractivity contribution in [2.75, 3.05) is 21.3 Å². The minimum absolute atomic E-state index is 0. The Labute approximate surface area is 171 Å². The lowest BCUT2D eigenvalue weighted by atomic mass is 10.1. The molecule has 6 nitrogen and oxygen atoms in total. The summed E-state index contributed by atoms with van der Waals surface area (Å²) in [6, 6.07) is 13.9. The molecule has 0 saturated carbocycles. The normalized spacial score (nSPS) is 10.8. The van der Waals surface area contributed by atoms with Gasteiger partial charge in [-0.15, -0.1) is 24.0 Å². The first-order valence-corrected chi connectivity index (χ1v) is 7.97. The fraction of sp³-hybridized carbons (Fsp3) is 0.316.